The average Bonchev–Trinajstić information content (AvgIpc) is 2.73. The van der Waals surface area contributed by atoms with Crippen LogP contribution in [0.1, 0.15) is 47.4 Å². The van der Waals surface area contributed by atoms with Crippen LogP contribution in [0, 0.1) is 12.3 Å². The fourth-order valence-electron chi connectivity index (χ4n) is 4.42. The van der Waals surface area contributed by atoms with Crippen LogP contribution in [-0.2, 0) is 11.3 Å². The standard InChI is InChI=1S/C22H26N4O2/c1-17-12-24-19(13-23-17)14-26-16-22(10-8-20(26)27)9-5-11-25(15-22)21(28)18-6-3-2-4-7-18/h2-4,6-7,12-13H,5,8-11,14-16H2,1H3/t22-/m1/s1. The second kappa shape index (κ2) is 7.70. The van der Waals surface area contributed by atoms with Crippen molar-refractivity contribution in [2.75, 3.05) is 19.6 Å². The number of benzene rings is 1. The Hall–Kier alpha value is -2.76. The molecule has 3 heterocycles. The lowest BCUT2D eigenvalue weighted by Gasteiger charge is -2.48. The number of aryl methyl sites for hydroxylation is 1. The third-order valence-electron chi connectivity index (χ3n) is 5.90. The Kier molecular flexibility index (Phi) is 5.11. The number of rotatable bonds is 3. The second-order valence-electron chi connectivity index (χ2n) is 8.10. The lowest BCUT2D eigenvalue weighted by molar-refractivity contribution is -0.139. The molecule has 6 nitrogen and oxygen atoms in total. The molecule has 2 aliphatic heterocycles. The molecule has 2 fully saturated rings. The van der Waals surface area contributed by atoms with Crippen molar-refractivity contribution in [2.45, 2.75) is 39.2 Å². The van der Waals surface area contributed by atoms with Crippen molar-refractivity contribution in [1.82, 2.24) is 19.8 Å². The molecule has 1 aromatic carbocycles. The van der Waals surface area contributed by atoms with Crippen LogP contribution in [0.15, 0.2) is 42.7 Å². The Balaban J connectivity index is 1.48. The van der Waals surface area contributed by atoms with Gasteiger partial charge in [-0.15, -0.1) is 0 Å². The lowest BCUT2D eigenvalue weighted by Crippen LogP contribution is -2.54. The van der Waals surface area contributed by atoms with E-state index >= 15 is 0 Å². The van der Waals surface area contributed by atoms with Gasteiger partial charge in [-0.25, -0.2) is 0 Å². The molecule has 2 saturated heterocycles. The number of likely N-dealkylation sites (tertiary alicyclic amines) is 2. The van der Waals surface area contributed by atoms with Crippen molar-refractivity contribution in [3.05, 3.63) is 59.7 Å². The van der Waals surface area contributed by atoms with Crippen LogP contribution < -0.4 is 0 Å². The number of hydrogen-bond donors (Lipinski definition) is 0. The van der Waals surface area contributed by atoms with E-state index in [4.69, 9.17) is 0 Å². The second-order valence-corrected chi connectivity index (χ2v) is 8.10. The minimum absolute atomic E-state index is 0.0191. The Labute approximate surface area is 165 Å². The molecule has 2 amide bonds. The van der Waals surface area contributed by atoms with Gasteiger partial charge in [-0.3, -0.25) is 19.6 Å². The number of nitrogens with zero attached hydrogens (tertiary/aromatic N) is 4. The normalized spacial score (nSPS) is 22.5. The fourth-order valence-corrected chi connectivity index (χ4v) is 4.42. The molecule has 1 spiro atoms. The van der Waals surface area contributed by atoms with Gasteiger partial charge >= 0.3 is 0 Å². The van der Waals surface area contributed by atoms with Gasteiger partial charge in [0.05, 0.1) is 24.1 Å². The van der Waals surface area contributed by atoms with Crippen LogP contribution in [0.3, 0.4) is 0 Å². The fraction of sp³-hybridized carbons (Fsp3) is 0.455. The molecule has 0 radical (unpaired) electrons. The van der Waals surface area contributed by atoms with E-state index in [0.29, 0.717) is 26.1 Å². The quantitative estimate of drug-likeness (QED) is 0.824. The van der Waals surface area contributed by atoms with Gasteiger partial charge in [0, 0.05) is 43.2 Å². The minimum Gasteiger partial charge on any atom is -0.338 e. The first-order valence-electron chi connectivity index (χ1n) is 9.94. The van der Waals surface area contributed by atoms with Gasteiger partial charge in [-0.2, -0.15) is 0 Å². The van der Waals surface area contributed by atoms with Crippen LogP contribution >= 0.6 is 0 Å². The number of carbonyl (C=O) groups is 2. The minimum atomic E-state index is -0.0191. The van der Waals surface area contributed by atoms with Gasteiger partial charge in [-0.1, -0.05) is 18.2 Å². The molecule has 0 unspecified atom stereocenters. The van der Waals surface area contributed by atoms with Crippen molar-refractivity contribution in [2.24, 2.45) is 5.41 Å². The largest absolute Gasteiger partial charge is 0.338 e. The maximum absolute atomic E-state index is 12.9. The molecule has 28 heavy (non-hydrogen) atoms. The predicted octanol–water partition coefficient (Wildman–Crippen LogP) is 2.83. The first kappa shape index (κ1) is 18.6. The highest BCUT2D eigenvalue weighted by atomic mass is 16.2. The van der Waals surface area contributed by atoms with E-state index in [1.54, 1.807) is 12.4 Å². The Morgan fingerprint density at radius 1 is 1.11 bits per heavy atom. The van der Waals surface area contributed by atoms with Crippen LogP contribution in [0.25, 0.3) is 0 Å². The predicted molar refractivity (Wildman–Crippen MR) is 105 cm³/mol. The van der Waals surface area contributed by atoms with E-state index in [1.165, 1.54) is 0 Å². The van der Waals surface area contributed by atoms with Crippen LogP contribution in [0.5, 0.6) is 0 Å². The van der Waals surface area contributed by atoms with Gasteiger partial charge < -0.3 is 9.80 Å². The van der Waals surface area contributed by atoms with E-state index in [0.717, 1.165) is 42.8 Å². The van der Waals surface area contributed by atoms with Crippen LogP contribution in [0.2, 0.25) is 0 Å². The van der Waals surface area contributed by atoms with Crippen molar-refractivity contribution in [3.8, 4) is 0 Å². The Bertz CT molecular complexity index is 853. The van der Waals surface area contributed by atoms with Crippen molar-refractivity contribution < 1.29 is 9.59 Å². The van der Waals surface area contributed by atoms with Crippen LogP contribution in [-0.4, -0.2) is 51.2 Å². The number of carbonyl (C=O) groups excluding carboxylic acids is 2. The summed E-state index contributed by atoms with van der Waals surface area (Å²) in [5.41, 5.74) is 2.39. The summed E-state index contributed by atoms with van der Waals surface area (Å²) in [7, 11) is 0. The molecule has 2 aliphatic rings. The van der Waals surface area contributed by atoms with Gasteiger partial charge in [0.1, 0.15) is 0 Å². The van der Waals surface area contributed by atoms with E-state index in [1.807, 2.05) is 47.1 Å². The van der Waals surface area contributed by atoms with E-state index < -0.39 is 0 Å². The molecule has 1 atom stereocenters. The van der Waals surface area contributed by atoms with E-state index in [-0.39, 0.29) is 17.2 Å². The molecular formula is C22H26N4O2. The molecule has 0 bridgehead atoms. The molecule has 0 N–H and O–H groups in total. The van der Waals surface area contributed by atoms with Gasteiger partial charge in [0.15, 0.2) is 0 Å². The van der Waals surface area contributed by atoms with Crippen molar-refractivity contribution >= 4 is 11.8 Å². The number of piperidine rings is 2. The smallest absolute Gasteiger partial charge is 0.253 e. The highest BCUT2D eigenvalue weighted by Crippen LogP contribution is 2.39. The lowest BCUT2D eigenvalue weighted by atomic mass is 9.73. The topological polar surface area (TPSA) is 66.4 Å². The van der Waals surface area contributed by atoms with Crippen molar-refractivity contribution in [1.29, 1.82) is 0 Å². The van der Waals surface area contributed by atoms with Gasteiger partial charge in [-0.05, 0) is 38.3 Å². The Morgan fingerprint density at radius 3 is 2.68 bits per heavy atom. The zero-order valence-corrected chi connectivity index (χ0v) is 16.3. The summed E-state index contributed by atoms with van der Waals surface area (Å²) in [5, 5.41) is 0. The summed E-state index contributed by atoms with van der Waals surface area (Å²) < 4.78 is 0. The number of hydrogen-bond acceptors (Lipinski definition) is 4. The SMILES string of the molecule is Cc1cnc(CN2C[C@]3(CCCN(C(=O)c4ccccc4)C3)CCC2=O)cn1. The monoisotopic (exact) mass is 378 g/mol. The molecule has 0 aliphatic carbocycles. The van der Waals surface area contributed by atoms with E-state index in [2.05, 4.69) is 9.97 Å². The van der Waals surface area contributed by atoms with Gasteiger partial charge in [0.25, 0.3) is 5.91 Å². The first-order chi connectivity index (χ1) is 13.5. The Morgan fingerprint density at radius 2 is 1.93 bits per heavy atom. The van der Waals surface area contributed by atoms with Crippen molar-refractivity contribution in [3.63, 3.8) is 0 Å². The highest BCUT2D eigenvalue weighted by Gasteiger charge is 2.42. The van der Waals surface area contributed by atoms with Crippen LogP contribution in [0.4, 0.5) is 0 Å². The molecule has 2 aromatic rings. The summed E-state index contributed by atoms with van der Waals surface area (Å²) in [5.74, 6) is 0.257. The summed E-state index contributed by atoms with van der Waals surface area (Å²) in [6, 6.07) is 9.47. The maximum Gasteiger partial charge on any atom is 0.253 e. The summed E-state index contributed by atoms with van der Waals surface area (Å²) in [6.45, 7) is 4.57. The molecule has 0 saturated carbocycles. The third-order valence-corrected chi connectivity index (χ3v) is 5.90. The zero-order valence-electron chi connectivity index (χ0n) is 16.3. The van der Waals surface area contributed by atoms with E-state index in [9.17, 15) is 9.59 Å². The molecule has 146 valence electrons. The summed E-state index contributed by atoms with van der Waals surface area (Å²) >= 11 is 0. The summed E-state index contributed by atoms with van der Waals surface area (Å²) in [6.07, 6.45) is 6.89. The molecule has 6 heteroatoms. The average molecular weight is 378 g/mol. The maximum atomic E-state index is 12.9. The number of amides is 2. The first-order valence-corrected chi connectivity index (χ1v) is 9.94. The molecule has 4 rings (SSSR count). The number of aromatic nitrogens is 2. The molecule has 1 aromatic heterocycles. The third kappa shape index (κ3) is 3.91. The highest BCUT2D eigenvalue weighted by molar-refractivity contribution is 5.94. The van der Waals surface area contributed by atoms with Gasteiger partial charge in [0.2, 0.25) is 5.91 Å². The molecular weight excluding hydrogens is 352 g/mol. The summed E-state index contributed by atoms with van der Waals surface area (Å²) in [4.78, 5) is 38.0. The zero-order chi connectivity index (χ0) is 19.6.